The molecule has 1 unspecified atom stereocenters. The molecule has 2 heterocycles. The maximum Gasteiger partial charge on any atom is 0.226 e. The van der Waals surface area contributed by atoms with Crippen molar-refractivity contribution in [3.63, 3.8) is 0 Å². The molecular weight excluding hydrogens is 250 g/mol. The fourth-order valence-electron chi connectivity index (χ4n) is 3.34. The Hall–Kier alpha value is -1.35. The molecule has 3 heteroatoms. The van der Waals surface area contributed by atoms with Gasteiger partial charge >= 0.3 is 0 Å². The Balaban J connectivity index is 1.74. The van der Waals surface area contributed by atoms with E-state index in [4.69, 9.17) is 4.74 Å². The zero-order valence-corrected chi connectivity index (χ0v) is 12.2. The molecule has 1 amide bonds. The van der Waals surface area contributed by atoms with E-state index in [2.05, 4.69) is 36.1 Å². The minimum Gasteiger partial charge on any atom is -0.381 e. The average Bonchev–Trinajstić information content (AvgIpc) is 2.97. The van der Waals surface area contributed by atoms with Crippen LogP contribution in [0.2, 0.25) is 0 Å². The van der Waals surface area contributed by atoms with E-state index in [0.717, 1.165) is 45.4 Å². The molecule has 2 aliphatic rings. The summed E-state index contributed by atoms with van der Waals surface area (Å²) in [6, 6.07) is 8.92. The summed E-state index contributed by atoms with van der Waals surface area (Å²) in [7, 11) is 0. The largest absolute Gasteiger partial charge is 0.381 e. The van der Waals surface area contributed by atoms with Crippen molar-refractivity contribution in [2.24, 2.45) is 5.92 Å². The zero-order valence-electron chi connectivity index (χ0n) is 12.2. The molecule has 3 nitrogen and oxygen atoms in total. The van der Waals surface area contributed by atoms with Crippen LogP contribution in [0.5, 0.6) is 0 Å². The molecule has 0 saturated carbocycles. The molecule has 0 aromatic heterocycles. The van der Waals surface area contributed by atoms with Gasteiger partial charge in [-0.05, 0) is 38.2 Å². The molecule has 0 bridgehead atoms. The molecule has 2 saturated heterocycles. The van der Waals surface area contributed by atoms with Gasteiger partial charge in [-0.15, -0.1) is 0 Å². The molecule has 108 valence electrons. The van der Waals surface area contributed by atoms with Crippen LogP contribution >= 0.6 is 0 Å². The Kier molecular flexibility index (Phi) is 4.06. The van der Waals surface area contributed by atoms with Crippen LogP contribution in [-0.2, 0) is 9.53 Å². The van der Waals surface area contributed by atoms with Crippen molar-refractivity contribution in [1.29, 1.82) is 0 Å². The van der Waals surface area contributed by atoms with Gasteiger partial charge in [-0.1, -0.05) is 29.8 Å². The van der Waals surface area contributed by atoms with E-state index in [1.807, 2.05) is 0 Å². The van der Waals surface area contributed by atoms with Crippen molar-refractivity contribution in [1.82, 2.24) is 4.90 Å². The van der Waals surface area contributed by atoms with Crippen LogP contribution in [0.1, 0.15) is 42.9 Å². The molecule has 2 aliphatic heterocycles. The number of ether oxygens (including phenoxy) is 1. The Morgan fingerprint density at radius 3 is 2.55 bits per heavy atom. The van der Waals surface area contributed by atoms with Gasteiger partial charge in [0.15, 0.2) is 0 Å². The number of nitrogens with zero attached hydrogens (tertiary/aromatic N) is 1. The van der Waals surface area contributed by atoms with E-state index in [0.29, 0.717) is 5.91 Å². The fraction of sp³-hybridized carbons (Fsp3) is 0.588. The molecule has 1 aromatic rings. The van der Waals surface area contributed by atoms with Crippen LogP contribution in [0.4, 0.5) is 0 Å². The van der Waals surface area contributed by atoms with Gasteiger partial charge in [-0.3, -0.25) is 4.79 Å². The van der Waals surface area contributed by atoms with Crippen LogP contribution in [0.25, 0.3) is 0 Å². The van der Waals surface area contributed by atoms with Crippen LogP contribution in [-0.4, -0.2) is 30.6 Å². The first kappa shape index (κ1) is 13.6. The quantitative estimate of drug-likeness (QED) is 0.828. The van der Waals surface area contributed by atoms with Gasteiger partial charge in [-0.25, -0.2) is 0 Å². The number of carbonyl (C=O) groups excluding carboxylic acids is 1. The van der Waals surface area contributed by atoms with Crippen LogP contribution in [0.15, 0.2) is 24.3 Å². The summed E-state index contributed by atoms with van der Waals surface area (Å²) in [6.07, 6.45) is 3.98. The summed E-state index contributed by atoms with van der Waals surface area (Å²) < 4.78 is 5.37. The molecule has 0 radical (unpaired) electrons. The van der Waals surface area contributed by atoms with E-state index in [1.54, 1.807) is 0 Å². The van der Waals surface area contributed by atoms with Crippen LogP contribution in [0.3, 0.4) is 0 Å². The van der Waals surface area contributed by atoms with Crippen molar-refractivity contribution in [3.8, 4) is 0 Å². The topological polar surface area (TPSA) is 29.5 Å². The second-order valence-corrected chi connectivity index (χ2v) is 5.99. The van der Waals surface area contributed by atoms with E-state index >= 15 is 0 Å². The number of hydrogen-bond donors (Lipinski definition) is 0. The van der Waals surface area contributed by atoms with Crippen LogP contribution < -0.4 is 0 Å². The number of benzene rings is 1. The van der Waals surface area contributed by atoms with E-state index in [1.165, 1.54) is 11.1 Å². The highest BCUT2D eigenvalue weighted by atomic mass is 16.5. The van der Waals surface area contributed by atoms with E-state index in [-0.39, 0.29) is 12.0 Å². The van der Waals surface area contributed by atoms with Crippen molar-refractivity contribution in [2.45, 2.75) is 38.6 Å². The number of rotatable bonds is 2. The second-order valence-electron chi connectivity index (χ2n) is 5.99. The maximum absolute atomic E-state index is 12.7. The smallest absolute Gasteiger partial charge is 0.226 e. The number of aryl methyl sites for hydroxylation is 1. The normalized spacial score (nSPS) is 24.1. The van der Waals surface area contributed by atoms with Gasteiger partial charge in [0, 0.05) is 25.7 Å². The molecule has 20 heavy (non-hydrogen) atoms. The highest BCUT2D eigenvalue weighted by Crippen LogP contribution is 2.34. The number of amides is 1. The number of carbonyl (C=O) groups is 1. The lowest BCUT2D eigenvalue weighted by Crippen LogP contribution is -2.38. The zero-order chi connectivity index (χ0) is 13.9. The third kappa shape index (κ3) is 2.73. The molecule has 3 rings (SSSR count). The Labute approximate surface area is 120 Å². The highest BCUT2D eigenvalue weighted by molar-refractivity contribution is 5.79. The average molecular weight is 273 g/mol. The lowest BCUT2D eigenvalue weighted by Gasteiger charge is -2.31. The van der Waals surface area contributed by atoms with Crippen molar-refractivity contribution >= 4 is 5.91 Å². The van der Waals surface area contributed by atoms with Crippen molar-refractivity contribution in [3.05, 3.63) is 35.4 Å². The minimum absolute atomic E-state index is 0.176. The van der Waals surface area contributed by atoms with E-state index in [9.17, 15) is 4.79 Å². The van der Waals surface area contributed by atoms with Crippen molar-refractivity contribution < 1.29 is 9.53 Å². The van der Waals surface area contributed by atoms with Crippen molar-refractivity contribution in [2.75, 3.05) is 19.8 Å². The van der Waals surface area contributed by atoms with Gasteiger partial charge in [0.05, 0.1) is 6.04 Å². The van der Waals surface area contributed by atoms with Gasteiger partial charge in [0.1, 0.15) is 0 Å². The standard InChI is InChI=1S/C17H23NO2/c1-13-4-6-14(7-5-13)16-3-2-10-18(16)17(19)15-8-11-20-12-9-15/h4-7,15-16H,2-3,8-12H2,1H3. The lowest BCUT2D eigenvalue weighted by molar-refractivity contribution is -0.139. The van der Waals surface area contributed by atoms with Gasteiger partial charge in [0.2, 0.25) is 5.91 Å². The predicted molar refractivity (Wildman–Crippen MR) is 78.4 cm³/mol. The summed E-state index contributed by atoms with van der Waals surface area (Å²) in [5.41, 5.74) is 2.56. The van der Waals surface area contributed by atoms with Gasteiger partial charge in [-0.2, -0.15) is 0 Å². The first-order chi connectivity index (χ1) is 9.75. The lowest BCUT2D eigenvalue weighted by atomic mass is 9.97. The highest BCUT2D eigenvalue weighted by Gasteiger charge is 2.34. The molecule has 0 spiro atoms. The summed E-state index contributed by atoms with van der Waals surface area (Å²) in [6.45, 7) is 4.48. The minimum atomic E-state index is 0.176. The Morgan fingerprint density at radius 1 is 1.15 bits per heavy atom. The predicted octanol–water partition coefficient (Wildman–Crippen LogP) is 3.09. The SMILES string of the molecule is Cc1ccc(C2CCCN2C(=O)C2CCOCC2)cc1. The third-order valence-electron chi connectivity index (χ3n) is 4.57. The van der Waals surface area contributed by atoms with Crippen LogP contribution in [0, 0.1) is 12.8 Å². The molecule has 0 N–H and O–H groups in total. The van der Waals surface area contributed by atoms with Gasteiger partial charge < -0.3 is 9.64 Å². The molecule has 1 atom stereocenters. The molecular formula is C17H23NO2. The molecule has 1 aromatic carbocycles. The second kappa shape index (κ2) is 5.96. The third-order valence-corrected chi connectivity index (χ3v) is 4.57. The molecule has 2 fully saturated rings. The fourth-order valence-corrected chi connectivity index (χ4v) is 3.34. The summed E-state index contributed by atoms with van der Waals surface area (Å²) >= 11 is 0. The number of likely N-dealkylation sites (tertiary alicyclic amines) is 1. The number of hydrogen-bond acceptors (Lipinski definition) is 2. The first-order valence-electron chi connectivity index (χ1n) is 7.70. The monoisotopic (exact) mass is 273 g/mol. The summed E-state index contributed by atoms with van der Waals surface area (Å²) in [5, 5.41) is 0. The Morgan fingerprint density at radius 2 is 1.85 bits per heavy atom. The molecule has 0 aliphatic carbocycles. The van der Waals surface area contributed by atoms with Gasteiger partial charge in [0.25, 0.3) is 0 Å². The Bertz CT molecular complexity index is 462. The summed E-state index contributed by atoms with van der Waals surface area (Å²) in [4.78, 5) is 14.8. The maximum atomic E-state index is 12.7. The summed E-state index contributed by atoms with van der Waals surface area (Å²) in [5.74, 6) is 0.520. The first-order valence-corrected chi connectivity index (χ1v) is 7.70. The van der Waals surface area contributed by atoms with E-state index < -0.39 is 0 Å².